The lowest BCUT2D eigenvalue weighted by molar-refractivity contribution is 0.152. The van der Waals surface area contributed by atoms with Crippen LogP contribution >= 0.6 is 0 Å². The molecule has 1 aliphatic rings. The van der Waals surface area contributed by atoms with E-state index < -0.39 is 0 Å². The van der Waals surface area contributed by atoms with Crippen molar-refractivity contribution in [3.05, 3.63) is 35.6 Å². The molecule has 1 saturated heterocycles. The van der Waals surface area contributed by atoms with Crippen molar-refractivity contribution in [3.8, 4) is 0 Å². The largest absolute Gasteiger partial charge is 0.314 e. The monoisotopic (exact) mass is 292 g/mol. The van der Waals surface area contributed by atoms with Crippen molar-refractivity contribution in [2.24, 2.45) is 5.92 Å². The Labute approximate surface area is 128 Å². The molecule has 0 saturated carbocycles. The van der Waals surface area contributed by atoms with Crippen LogP contribution in [0.15, 0.2) is 24.3 Å². The van der Waals surface area contributed by atoms with E-state index in [9.17, 15) is 4.39 Å². The van der Waals surface area contributed by atoms with Crippen molar-refractivity contribution in [2.75, 3.05) is 19.6 Å². The van der Waals surface area contributed by atoms with Crippen LogP contribution in [0.1, 0.15) is 39.2 Å². The van der Waals surface area contributed by atoms with Gasteiger partial charge in [0.15, 0.2) is 0 Å². The number of rotatable bonds is 4. The minimum atomic E-state index is -0.150. The molecule has 0 aromatic heterocycles. The normalized spacial score (nSPS) is 26.1. The number of hydrogen-bond donors (Lipinski definition) is 1. The lowest BCUT2D eigenvalue weighted by atomic mass is 10.0. The predicted molar refractivity (Wildman–Crippen MR) is 87.0 cm³/mol. The quantitative estimate of drug-likeness (QED) is 0.914. The van der Waals surface area contributed by atoms with Gasteiger partial charge in [0.25, 0.3) is 0 Å². The maximum atomic E-state index is 13.0. The minimum Gasteiger partial charge on any atom is -0.314 e. The topological polar surface area (TPSA) is 15.3 Å². The van der Waals surface area contributed by atoms with Gasteiger partial charge in [0.1, 0.15) is 5.82 Å². The first kappa shape index (κ1) is 16.4. The second-order valence-corrected chi connectivity index (χ2v) is 6.58. The minimum absolute atomic E-state index is 0.150. The van der Waals surface area contributed by atoms with E-state index in [1.165, 1.54) is 18.4 Å². The molecule has 1 fully saturated rings. The lowest BCUT2D eigenvalue weighted by Gasteiger charge is -2.36. The fourth-order valence-electron chi connectivity index (χ4n) is 3.19. The molecule has 1 aromatic rings. The van der Waals surface area contributed by atoms with E-state index in [2.05, 4.69) is 31.0 Å². The van der Waals surface area contributed by atoms with Crippen LogP contribution in [-0.4, -0.2) is 36.6 Å². The average molecular weight is 292 g/mol. The SMILES string of the molecule is CCC1CCN(C(C)Cc2ccc(F)cc2)CC(C)CN1. The van der Waals surface area contributed by atoms with Gasteiger partial charge < -0.3 is 5.32 Å². The van der Waals surface area contributed by atoms with Crippen LogP contribution < -0.4 is 5.32 Å². The fourth-order valence-corrected chi connectivity index (χ4v) is 3.19. The van der Waals surface area contributed by atoms with Gasteiger partial charge >= 0.3 is 0 Å². The number of benzene rings is 1. The summed E-state index contributed by atoms with van der Waals surface area (Å²) in [6.07, 6.45) is 3.42. The van der Waals surface area contributed by atoms with Crippen LogP contribution in [0.2, 0.25) is 0 Å². The molecule has 0 amide bonds. The molecule has 0 radical (unpaired) electrons. The summed E-state index contributed by atoms with van der Waals surface area (Å²) >= 11 is 0. The molecule has 1 aliphatic heterocycles. The Balaban J connectivity index is 1.95. The summed E-state index contributed by atoms with van der Waals surface area (Å²) in [7, 11) is 0. The van der Waals surface area contributed by atoms with Gasteiger partial charge in [-0.1, -0.05) is 26.0 Å². The van der Waals surface area contributed by atoms with Gasteiger partial charge in [-0.3, -0.25) is 4.90 Å². The first-order chi connectivity index (χ1) is 10.1. The molecule has 21 heavy (non-hydrogen) atoms. The molecule has 2 nitrogen and oxygen atoms in total. The van der Waals surface area contributed by atoms with Crippen LogP contribution in [0, 0.1) is 11.7 Å². The van der Waals surface area contributed by atoms with E-state index in [1.54, 1.807) is 12.1 Å². The summed E-state index contributed by atoms with van der Waals surface area (Å²) in [5.74, 6) is 0.526. The summed E-state index contributed by atoms with van der Waals surface area (Å²) in [6.45, 7) is 10.3. The van der Waals surface area contributed by atoms with Crippen LogP contribution in [0.3, 0.4) is 0 Å². The van der Waals surface area contributed by atoms with Gasteiger partial charge in [0.05, 0.1) is 0 Å². The van der Waals surface area contributed by atoms with Gasteiger partial charge in [-0.05, 0) is 62.9 Å². The molecule has 1 aromatic carbocycles. The Bertz CT molecular complexity index is 418. The first-order valence-corrected chi connectivity index (χ1v) is 8.30. The number of nitrogens with one attached hydrogen (secondary N) is 1. The maximum Gasteiger partial charge on any atom is 0.123 e. The smallest absolute Gasteiger partial charge is 0.123 e. The number of nitrogens with zero attached hydrogens (tertiary/aromatic N) is 1. The van der Waals surface area contributed by atoms with Gasteiger partial charge in [0.2, 0.25) is 0 Å². The molecule has 3 unspecified atom stereocenters. The van der Waals surface area contributed by atoms with Crippen molar-refractivity contribution in [3.63, 3.8) is 0 Å². The summed E-state index contributed by atoms with van der Waals surface area (Å²) in [4.78, 5) is 2.61. The van der Waals surface area contributed by atoms with Gasteiger partial charge in [-0.15, -0.1) is 0 Å². The third kappa shape index (κ3) is 5.08. The first-order valence-electron chi connectivity index (χ1n) is 8.30. The molecule has 3 heteroatoms. The fraction of sp³-hybridized carbons (Fsp3) is 0.667. The Hall–Kier alpha value is -0.930. The zero-order valence-corrected chi connectivity index (χ0v) is 13.6. The van der Waals surface area contributed by atoms with Gasteiger partial charge in [-0.25, -0.2) is 4.39 Å². The molecule has 118 valence electrons. The molecule has 0 spiro atoms. The van der Waals surface area contributed by atoms with Crippen molar-refractivity contribution in [1.82, 2.24) is 10.2 Å². The Morgan fingerprint density at radius 1 is 1.33 bits per heavy atom. The van der Waals surface area contributed by atoms with Crippen molar-refractivity contribution in [1.29, 1.82) is 0 Å². The molecule has 1 heterocycles. The van der Waals surface area contributed by atoms with Crippen LogP contribution in [0.5, 0.6) is 0 Å². The second-order valence-electron chi connectivity index (χ2n) is 6.58. The van der Waals surface area contributed by atoms with E-state index in [0.717, 1.165) is 26.1 Å². The Morgan fingerprint density at radius 2 is 2.05 bits per heavy atom. The summed E-state index contributed by atoms with van der Waals surface area (Å²) < 4.78 is 13.0. The Kier molecular flexibility index (Phi) is 6.19. The highest BCUT2D eigenvalue weighted by Crippen LogP contribution is 2.15. The maximum absolute atomic E-state index is 13.0. The highest BCUT2D eigenvalue weighted by molar-refractivity contribution is 5.17. The molecule has 0 aliphatic carbocycles. The standard InChI is InChI=1S/C18H29FN2/c1-4-18-9-10-21(13-14(2)12-20-18)15(3)11-16-5-7-17(19)8-6-16/h5-8,14-15,18,20H,4,9-13H2,1-3H3. The summed E-state index contributed by atoms with van der Waals surface area (Å²) in [6, 6.07) is 8.11. The molecule has 0 bridgehead atoms. The van der Waals surface area contributed by atoms with Crippen LogP contribution in [0.25, 0.3) is 0 Å². The molecule has 1 N–H and O–H groups in total. The van der Waals surface area contributed by atoms with E-state index in [0.29, 0.717) is 18.0 Å². The van der Waals surface area contributed by atoms with Crippen molar-refractivity contribution in [2.45, 2.75) is 52.1 Å². The highest BCUT2D eigenvalue weighted by atomic mass is 19.1. The van der Waals surface area contributed by atoms with E-state index in [4.69, 9.17) is 0 Å². The highest BCUT2D eigenvalue weighted by Gasteiger charge is 2.21. The van der Waals surface area contributed by atoms with Gasteiger partial charge in [-0.2, -0.15) is 0 Å². The predicted octanol–water partition coefficient (Wildman–Crippen LogP) is 3.47. The van der Waals surface area contributed by atoms with Crippen molar-refractivity contribution >= 4 is 0 Å². The molecular weight excluding hydrogens is 263 g/mol. The number of halogens is 1. The van der Waals surface area contributed by atoms with E-state index >= 15 is 0 Å². The zero-order valence-electron chi connectivity index (χ0n) is 13.6. The third-order valence-corrected chi connectivity index (χ3v) is 4.63. The zero-order chi connectivity index (χ0) is 15.2. The van der Waals surface area contributed by atoms with E-state index in [-0.39, 0.29) is 5.82 Å². The summed E-state index contributed by atoms with van der Waals surface area (Å²) in [5, 5.41) is 3.67. The average Bonchev–Trinajstić information content (AvgIpc) is 2.45. The summed E-state index contributed by atoms with van der Waals surface area (Å²) in [5.41, 5.74) is 1.23. The molecular formula is C18H29FN2. The second kappa shape index (κ2) is 7.90. The molecule has 3 atom stereocenters. The number of hydrogen-bond acceptors (Lipinski definition) is 2. The molecule has 2 rings (SSSR count). The lowest BCUT2D eigenvalue weighted by Crippen LogP contribution is -2.46. The van der Waals surface area contributed by atoms with Crippen molar-refractivity contribution < 1.29 is 4.39 Å². The van der Waals surface area contributed by atoms with Gasteiger partial charge in [0, 0.05) is 18.6 Å². The van der Waals surface area contributed by atoms with Crippen LogP contribution in [0.4, 0.5) is 4.39 Å². The third-order valence-electron chi connectivity index (χ3n) is 4.63. The Morgan fingerprint density at radius 3 is 2.71 bits per heavy atom. The van der Waals surface area contributed by atoms with E-state index in [1.807, 2.05) is 12.1 Å². The van der Waals surface area contributed by atoms with Crippen LogP contribution in [-0.2, 0) is 6.42 Å².